The van der Waals surface area contributed by atoms with Gasteiger partial charge in [-0.25, -0.2) is 4.79 Å². The second-order valence-electron chi connectivity index (χ2n) is 3.65. The van der Waals surface area contributed by atoms with Crippen molar-refractivity contribution in [3.63, 3.8) is 0 Å². The van der Waals surface area contributed by atoms with E-state index in [2.05, 4.69) is 4.74 Å². The van der Waals surface area contributed by atoms with Crippen LogP contribution in [0.1, 0.15) is 0 Å². The third-order valence-electron chi connectivity index (χ3n) is 2.19. The Hall–Kier alpha value is -1.35. The van der Waals surface area contributed by atoms with Crippen molar-refractivity contribution in [2.24, 2.45) is 0 Å². The molecule has 0 aliphatic carbocycles. The monoisotopic (exact) mass is 271 g/mol. The molecule has 1 saturated heterocycles. The molecule has 1 atom stereocenters. The number of carbonyl (C=O) groups excluding carboxylic acids is 1. The van der Waals surface area contributed by atoms with E-state index >= 15 is 0 Å². The number of carboxylic acid groups (broad SMARTS) is 1. The molecule has 0 unspecified atom stereocenters. The molecular formula is C9H12F3NO5. The summed E-state index contributed by atoms with van der Waals surface area (Å²) in [5.74, 6) is -1.91. The Morgan fingerprint density at radius 1 is 1.44 bits per heavy atom. The molecule has 1 fully saturated rings. The minimum atomic E-state index is -4.49. The van der Waals surface area contributed by atoms with Gasteiger partial charge in [0.05, 0.1) is 13.2 Å². The van der Waals surface area contributed by atoms with E-state index in [-0.39, 0.29) is 19.7 Å². The van der Waals surface area contributed by atoms with E-state index in [1.807, 2.05) is 0 Å². The number of morpholine rings is 1. The lowest BCUT2D eigenvalue weighted by Gasteiger charge is -2.30. The third kappa shape index (κ3) is 4.88. The van der Waals surface area contributed by atoms with Gasteiger partial charge in [-0.1, -0.05) is 0 Å². The molecule has 1 aliphatic rings. The first-order valence-corrected chi connectivity index (χ1v) is 5.06. The normalized spacial score (nSPS) is 20.8. The molecule has 1 rings (SSSR count). The van der Waals surface area contributed by atoms with Crippen LogP contribution in [0.15, 0.2) is 0 Å². The summed E-state index contributed by atoms with van der Waals surface area (Å²) >= 11 is 0. The van der Waals surface area contributed by atoms with Crippen molar-refractivity contribution in [1.29, 1.82) is 0 Å². The fraction of sp³-hybridized carbons (Fsp3) is 0.778. The second-order valence-corrected chi connectivity index (χ2v) is 3.65. The maximum atomic E-state index is 11.8. The summed E-state index contributed by atoms with van der Waals surface area (Å²) in [4.78, 5) is 23.2. The van der Waals surface area contributed by atoms with E-state index in [9.17, 15) is 22.8 Å². The molecule has 6 nitrogen and oxygen atoms in total. The van der Waals surface area contributed by atoms with Crippen LogP contribution in [0.25, 0.3) is 0 Å². The maximum absolute atomic E-state index is 11.8. The van der Waals surface area contributed by atoms with Crippen LogP contribution in [-0.4, -0.2) is 67.1 Å². The zero-order valence-corrected chi connectivity index (χ0v) is 9.27. The Morgan fingerprint density at radius 3 is 2.67 bits per heavy atom. The minimum Gasteiger partial charge on any atom is -0.479 e. The lowest BCUT2D eigenvalue weighted by atomic mass is 10.2. The highest BCUT2D eigenvalue weighted by Gasteiger charge is 2.31. The van der Waals surface area contributed by atoms with Crippen LogP contribution in [0, 0.1) is 0 Å². The van der Waals surface area contributed by atoms with Gasteiger partial charge >= 0.3 is 12.1 Å². The van der Waals surface area contributed by atoms with E-state index in [4.69, 9.17) is 9.84 Å². The summed E-state index contributed by atoms with van der Waals surface area (Å²) in [6, 6.07) is 0. The van der Waals surface area contributed by atoms with Crippen molar-refractivity contribution in [2.75, 3.05) is 32.9 Å². The zero-order chi connectivity index (χ0) is 13.8. The molecule has 0 saturated carbocycles. The quantitative estimate of drug-likeness (QED) is 0.771. The molecular weight excluding hydrogens is 259 g/mol. The topological polar surface area (TPSA) is 76.1 Å². The van der Waals surface area contributed by atoms with Gasteiger partial charge in [0.25, 0.3) is 0 Å². The number of rotatable bonds is 4. The predicted molar refractivity (Wildman–Crippen MR) is 50.8 cm³/mol. The Balaban J connectivity index is 2.35. The molecule has 9 heteroatoms. The average molecular weight is 271 g/mol. The Labute approximate surface area is 100 Å². The fourth-order valence-corrected chi connectivity index (χ4v) is 1.37. The van der Waals surface area contributed by atoms with Crippen LogP contribution < -0.4 is 0 Å². The number of nitrogens with zero attached hydrogens (tertiary/aromatic N) is 1. The standard InChI is InChI=1S/C9H12F3NO5/c10-9(11,12)5-17-4-7(14)13-1-2-18-6(3-13)8(15)16/h6H,1-5H2,(H,15,16)/t6-/m0/s1. The van der Waals surface area contributed by atoms with E-state index < -0.39 is 37.4 Å². The van der Waals surface area contributed by atoms with Crippen molar-refractivity contribution < 1.29 is 37.3 Å². The number of ether oxygens (including phenoxy) is 2. The molecule has 0 aromatic rings. The maximum Gasteiger partial charge on any atom is 0.411 e. The highest BCUT2D eigenvalue weighted by Crippen LogP contribution is 2.14. The number of halogens is 3. The van der Waals surface area contributed by atoms with Gasteiger partial charge in [-0.15, -0.1) is 0 Å². The predicted octanol–water partition coefficient (Wildman–Crippen LogP) is -0.123. The Bertz CT molecular complexity index is 320. The number of carboxylic acids is 1. The molecule has 1 heterocycles. The summed E-state index contributed by atoms with van der Waals surface area (Å²) < 4.78 is 44.4. The smallest absolute Gasteiger partial charge is 0.411 e. The van der Waals surface area contributed by atoms with Gasteiger partial charge in [-0.05, 0) is 0 Å². The van der Waals surface area contributed by atoms with Gasteiger partial charge < -0.3 is 19.5 Å². The molecule has 0 bridgehead atoms. The molecule has 104 valence electrons. The lowest BCUT2D eigenvalue weighted by Crippen LogP contribution is -2.49. The number of hydrogen-bond acceptors (Lipinski definition) is 4. The van der Waals surface area contributed by atoms with Crippen LogP contribution >= 0.6 is 0 Å². The number of aliphatic carboxylic acids is 1. The molecule has 0 aromatic heterocycles. The molecule has 0 aromatic carbocycles. The van der Waals surface area contributed by atoms with Crippen LogP contribution in [0.5, 0.6) is 0 Å². The van der Waals surface area contributed by atoms with Gasteiger partial charge in [0.2, 0.25) is 5.91 Å². The van der Waals surface area contributed by atoms with Crippen molar-refractivity contribution in [3.8, 4) is 0 Å². The molecule has 0 radical (unpaired) electrons. The van der Waals surface area contributed by atoms with Crippen molar-refractivity contribution in [3.05, 3.63) is 0 Å². The fourth-order valence-electron chi connectivity index (χ4n) is 1.37. The number of hydrogen-bond donors (Lipinski definition) is 1. The summed E-state index contributed by atoms with van der Waals surface area (Å²) in [6.45, 7) is -2.26. The molecule has 1 N–H and O–H groups in total. The SMILES string of the molecule is O=C(O)[C@@H]1CN(C(=O)COCC(F)(F)F)CCO1. The van der Waals surface area contributed by atoms with E-state index in [0.29, 0.717) is 0 Å². The first-order valence-electron chi connectivity index (χ1n) is 5.06. The van der Waals surface area contributed by atoms with Crippen LogP contribution in [0.2, 0.25) is 0 Å². The van der Waals surface area contributed by atoms with Gasteiger partial charge in [0.15, 0.2) is 6.10 Å². The summed E-state index contributed by atoms with van der Waals surface area (Å²) in [6.07, 6.45) is -5.64. The van der Waals surface area contributed by atoms with Gasteiger partial charge in [-0.3, -0.25) is 4.79 Å². The zero-order valence-electron chi connectivity index (χ0n) is 9.27. The number of alkyl halides is 3. The molecule has 18 heavy (non-hydrogen) atoms. The van der Waals surface area contributed by atoms with Crippen LogP contribution in [0.4, 0.5) is 13.2 Å². The Morgan fingerprint density at radius 2 is 2.11 bits per heavy atom. The van der Waals surface area contributed by atoms with E-state index in [1.54, 1.807) is 0 Å². The van der Waals surface area contributed by atoms with Crippen molar-refractivity contribution >= 4 is 11.9 Å². The van der Waals surface area contributed by atoms with Gasteiger partial charge in [-0.2, -0.15) is 13.2 Å². The molecule has 1 amide bonds. The van der Waals surface area contributed by atoms with Gasteiger partial charge in [0.1, 0.15) is 13.2 Å². The van der Waals surface area contributed by atoms with Crippen LogP contribution in [-0.2, 0) is 19.1 Å². The number of carbonyl (C=O) groups is 2. The largest absolute Gasteiger partial charge is 0.479 e. The lowest BCUT2D eigenvalue weighted by molar-refractivity contribution is -0.179. The molecule has 1 aliphatic heterocycles. The third-order valence-corrected chi connectivity index (χ3v) is 2.19. The van der Waals surface area contributed by atoms with Crippen LogP contribution in [0.3, 0.4) is 0 Å². The first-order chi connectivity index (χ1) is 8.29. The highest BCUT2D eigenvalue weighted by atomic mass is 19.4. The number of amides is 1. The van der Waals surface area contributed by atoms with Crippen molar-refractivity contribution in [1.82, 2.24) is 4.90 Å². The Kier molecular flexibility index (Phi) is 4.91. The second kappa shape index (κ2) is 6.01. The van der Waals surface area contributed by atoms with Gasteiger partial charge in [0, 0.05) is 6.54 Å². The van der Waals surface area contributed by atoms with E-state index in [1.165, 1.54) is 0 Å². The highest BCUT2D eigenvalue weighted by molar-refractivity contribution is 5.79. The van der Waals surface area contributed by atoms with Crippen molar-refractivity contribution in [2.45, 2.75) is 12.3 Å². The molecule has 0 spiro atoms. The summed E-state index contributed by atoms with van der Waals surface area (Å²) in [7, 11) is 0. The minimum absolute atomic E-state index is 0.0297. The first kappa shape index (κ1) is 14.7. The van der Waals surface area contributed by atoms with E-state index in [0.717, 1.165) is 4.90 Å². The average Bonchev–Trinajstić information content (AvgIpc) is 2.27. The summed E-state index contributed by atoms with van der Waals surface area (Å²) in [5, 5.41) is 8.68. The summed E-state index contributed by atoms with van der Waals surface area (Å²) in [5.41, 5.74) is 0.